The summed E-state index contributed by atoms with van der Waals surface area (Å²) in [5, 5.41) is 2.69. The molecule has 0 saturated carbocycles. The number of nitrogens with one attached hydrogen (secondary N) is 3. The number of benzene rings is 2. The Hall–Kier alpha value is -4.80. The number of aromatic amines is 2. The molecule has 0 unspecified atom stereocenters. The van der Waals surface area contributed by atoms with Crippen molar-refractivity contribution in [3.8, 4) is 23.1 Å². The highest BCUT2D eigenvalue weighted by molar-refractivity contribution is 7.99. The molecule has 6 rings (SSSR count). The van der Waals surface area contributed by atoms with Crippen LogP contribution in [0.1, 0.15) is 75.4 Å². The van der Waals surface area contributed by atoms with E-state index in [1.54, 1.807) is 22.9 Å². The van der Waals surface area contributed by atoms with Gasteiger partial charge in [0.25, 0.3) is 0 Å². The fourth-order valence-electron chi connectivity index (χ4n) is 6.35. The van der Waals surface area contributed by atoms with Crippen LogP contribution < -0.4 is 11.1 Å². The largest absolute Gasteiger partial charge is 0.453 e. The summed E-state index contributed by atoms with van der Waals surface area (Å²) in [7, 11) is 1.29. The summed E-state index contributed by atoms with van der Waals surface area (Å²) in [6.45, 7) is 8.31. The highest BCUT2D eigenvalue weighted by Crippen LogP contribution is 2.34. The molecular formula is C37H44N8O4S. The minimum absolute atomic E-state index is 0.0402. The number of aromatic nitrogens is 4. The highest BCUT2D eigenvalue weighted by atomic mass is 32.2. The van der Waals surface area contributed by atoms with Gasteiger partial charge in [0.15, 0.2) is 0 Å². The van der Waals surface area contributed by atoms with Crippen LogP contribution in [0.2, 0.25) is 0 Å². The van der Waals surface area contributed by atoms with Gasteiger partial charge >= 0.3 is 6.09 Å². The lowest BCUT2D eigenvalue weighted by Crippen LogP contribution is -2.51. The number of hydrogen-bond acceptors (Lipinski definition) is 8. The Morgan fingerprint density at radius 1 is 0.960 bits per heavy atom. The lowest BCUT2D eigenvalue weighted by atomic mass is 10.0. The minimum atomic E-state index is -0.686. The molecule has 0 bridgehead atoms. The SMILES string of the molecule is COC(=O)N[C@H](C(=O)N1CCC[C@H]1c1nc2ccc(C#Cc3ccc(-c4cnc([C@@H]5CSCN5C(=O)[C@@H](N)C(C)C)[nH]4)cc3)cc2[nH]1)C(C)C. The quantitative estimate of drug-likeness (QED) is 0.188. The van der Waals surface area contributed by atoms with E-state index in [-0.39, 0.29) is 35.7 Å². The van der Waals surface area contributed by atoms with Crippen molar-refractivity contribution in [1.82, 2.24) is 35.1 Å². The minimum Gasteiger partial charge on any atom is -0.453 e. The van der Waals surface area contributed by atoms with Gasteiger partial charge < -0.3 is 35.6 Å². The molecule has 3 amide bonds. The summed E-state index contributed by atoms with van der Waals surface area (Å²) in [5.74, 6) is 9.16. The van der Waals surface area contributed by atoms with Gasteiger partial charge in [0.05, 0.1) is 54.0 Å². The average Bonchev–Trinajstić information content (AvgIpc) is 3.94. The monoisotopic (exact) mass is 696 g/mol. The molecule has 4 aromatic rings. The summed E-state index contributed by atoms with van der Waals surface area (Å²) in [5.41, 5.74) is 11.4. The lowest BCUT2D eigenvalue weighted by Gasteiger charge is -2.29. The Bertz CT molecular complexity index is 1920. The number of nitrogens with zero attached hydrogens (tertiary/aromatic N) is 4. The molecule has 0 spiro atoms. The highest BCUT2D eigenvalue weighted by Gasteiger charge is 2.38. The van der Waals surface area contributed by atoms with Crippen LogP contribution in [-0.2, 0) is 14.3 Å². The van der Waals surface area contributed by atoms with Crippen LogP contribution in [0, 0.1) is 23.7 Å². The first-order chi connectivity index (χ1) is 24.0. The molecule has 13 heteroatoms. The zero-order valence-corrected chi connectivity index (χ0v) is 29.8. The molecule has 2 saturated heterocycles. The van der Waals surface area contributed by atoms with Gasteiger partial charge in [-0.3, -0.25) is 9.59 Å². The normalized spacial score (nSPS) is 18.7. The number of alkyl carbamates (subject to hydrolysis) is 1. The van der Waals surface area contributed by atoms with Crippen molar-refractivity contribution < 1.29 is 19.1 Å². The molecule has 5 N–H and O–H groups in total. The van der Waals surface area contributed by atoms with Crippen molar-refractivity contribution in [3.63, 3.8) is 0 Å². The van der Waals surface area contributed by atoms with E-state index in [9.17, 15) is 14.4 Å². The second kappa shape index (κ2) is 15.0. The molecule has 2 aliphatic heterocycles. The van der Waals surface area contributed by atoms with E-state index >= 15 is 0 Å². The maximum Gasteiger partial charge on any atom is 0.407 e. The number of thioether (sulfide) groups is 1. The van der Waals surface area contributed by atoms with Gasteiger partial charge in [-0.15, -0.1) is 11.8 Å². The van der Waals surface area contributed by atoms with Crippen LogP contribution in [0.15, 0.2) is 48.7 Å². The second-order valence-electron chi connectivity index (χ2n) is 13.5. The molecule has 262 valence electrons. The molecule has 0 radical (unpaired) electrons. The Kier molecular flexibility index (Phi) is 10.5. The number of fused-ring (bicyclic) bond motifs is 1. The number of H-pyrrole nitrogens is 2. The van der Waals surface area contributed by atoms with E-state index in [0.717, 1.165) is 63.7 Å². The molecule has 2 fully saturated rings. The average molecular weight is 697 g/mol. The zero-order valence-electron chi connectivity index (χ0n) is 29.0. The summed E-state index contributed by atoms with van der Waals surface area (Å²) < 4.78 is 4.75. The Morgan fingerprint density at radius 3 is 2.42 bits per heavy atom. The van der Waals surface area contributed by atoms with Gasteiger partial charge in [0.2, 0.25) is 11.8 Å². The number of carbonyl (C=O) groups is 3. The summed E-state index contributed by atoms with van der Waals surface area (Å²) in [4.78, 5) is 58.3. The molecule has 0 aliphatic carbocycles. The van der Waals surface area contributed by atoms with Crippen LogP contribution in [0.4, 0.5) is 4.79 Å². The number of methoxy groups -OCH3 is 1. The first kappa shape index (κ1) is 35.0. The number of amides is 3. The smallest absolute Gasteiger partial charge is 0.407 e. The van der Waals surface area contributed by atoms with Gasteiger partial charge in [-0.2, -0.15) is 0 Å². The van der Waals surface area contributed by atoms with Gasteiger partial charge in [0, 0.05) is 23.4 Å². The predicted octanol–water partition coefficient (Wildman–Crippen LogP) is 4.95. The fourth-order valence-corrected chi connectivity index (χ4v) is 7.52. The zero-order chi connectivity index (χ0) is 35.5. The van der Waals surface area contributed by atoms with E-state index in [4.69, 9.17) is 15.5 Å². The molecule has 50 heavy (non-hydrogen) atoms. The topological polar surface area (TPSA) is 162 Å². The molecule has 2 aromatic carbocycles. The number of nitrogens with two attached hydrogens (primary N) is 1. The maximum atomic E-state index is 13.5. The maximum absolute atomic E-state index is 13.5. The first-order valence-corrected chi connectivity index (χ1v) is 18.1. The molecule has 4 atom stereocenters. The number of rotatable bonds is 8. The summed E-state index contributed by atoms with van der Waals surface area (Å²) >= 11 is 1.70. The van der Waals surface area contributed by atoms with Gasteiger partial charge in [-0.1, -0.05) is 51.7 Å². The van der Waals surface area contributed by atoms with Gasteiger partial charge in [-0.05, 0) is 60.6 Å². The van der Waals surface area contributed by atoms with Gasteiger partial charge in [-0.25, -0.2) is 14.8 Å². The Morgan fingerprint density at radius 2 is 1.70 bits per heavy atom. The lowest BCUT2D eigenvalue weighted by molar-refractivity contribution is -0.135. The third kappa shape index (κ3) is 7.37. The fraction of sp³-hybridized carbons (Fsp3) is 0.432. The number of likely N-dealkylation sites (tertiary alicyclic amines) is 1. The van der Waals surface area contributed by atoms with Crippen molar-refractivity contribution in [1.29, 1.82) is 0 Å². The summed E-state index contributed by atoms with van der Waals surface area (Å²) in [6.07, 6.45) is 2.81. The third-order valence-corrected chi connectivity index (χ3v) is 10.4. The van der Waals surface area contributed by atoms with Crippen LogP contribution in [0.5, 0.6) is 0 Å². The first-order valence-electron chi connectivity index (χ1n) is 17.0. The molecule has 12 nitrogen and oxygen atoms in total. The third-order valence-electron chi connectivity index (χ3n) is 9.37. The van der Waals surface area contributed by atoms with Crippen LogP contribution >= 0.6 is 11.8 Å². The second-order valence-corrected chi connectivity index (χ2v) is 14.5. The standard InChI is InChI=1S/C37H44N8O4S/c1-21(2)31(38)35(46)45-20-50-19-30(45)33-39-18-28(42-33)25-13-10-23(11-14-25)8-9-24-12-15-26-27(17-24)41-34(40-26)29-7-6-16-44(29)36(47)32(22(3)4)43-37(48)49-5/h10-15,17-18,21-22,29-32H,6-7,16,19-20,38H2,1-5H3,(H,39,42)(H,40,41)(H,43,48)/t29-,30-,31-,32-/m0/s1. The van der Waals surface area contributed by atoms with Gasteiger partial charge in [0.1, 0.15) is 17.7 Å². The van der Waals surface area contributed by atoms with E-state index in [1.807, 2.05) is 75.1 Å². The van der Waals surface area contributed by atoms with Crippen LogP contribution in [-0.4, -0.2) is 85.0 Å². The van der Waals surface area contributed by atoms with Crippen molar-refractivity contribution in [2.24, 2.45) is 17.6 Å². The van der Waals surface area contributed by atoms with E-state index in [0.29, 0.717) is 12.4 Å². The number of ether oxygens (including phenoxy) is 1. The van der Waals surface area contributed by atoms with Crippen molar-refractivity contribution in [2.75, 3.05) is 25.3 Å². The van der Waals surface area contributed by atoms with E-state index in [2.05, 4.69) is 32.1 Å². The number of carbonyl (C=O) groups excluding carboxylic acids is 3. The van der Waals surface area contributed by atoms with Crippen LogP contribution in [0.25, 0.3) is 22.3 Å². The van der Waals surface area contributed by atoms with Crippen LogP contribution in [0.3, 0.4) is 0 Å². The Balaban J connectivity index is 1.13. The molecule has 2 aliphatic rings. The molecule has 4 heterocycles. The van der Waals surface area contributed by atoms with Crippen molar-refractivity contribution in [3.05, 3.63) is 71.4 Å². The van der Waals surface area contributed by atoms with Crippen molar-refractivity contribution >= 4 is 40.7 Å². The van der Waals surface area contributed by atoms with E-state index in [1.165, 1.54) is 7.11 Å². The summed E-state index contributed by atoms with van der Waals surface area (Å²) in [6, 6.07) is 12.3. The molecule has 2 aromatic heterocycles. The predicted molar refractivity (Wildman–Crippen MR) is 194 cm³/mol. The Labute approximate surface area is 296 Å². The van der Waals surface area contributed by atoms with E-state index < -0.39 is 18.2 Å². The number of hydrogen-bond donors (Lipinski definition) is 4. The number of imidazole rings is 2. The molecular weight excluding hydrogens is 653 g/mol. The van der Waals surface area contributed by atoms with Crippen molar-refractivity contribution in [2.45, 2.75) is 64.7 Å².